The quantitative estimate of drug-likeness (QED) is 0.876. The highest BCUT2D eigenvalue weighted by atomic mass is 16.5. The van der Waals surface area contributed by atoms with E-state index < -0.39 is 0 Å². The van der Waals surface area contributed by atoms with E-state index in [1.165, 1.54) is 0 Å². The standard InChI is InChI=1S/C17H25NO3/c1-13(19)16-9-7-14(8-10-16)11-18-17(20)21-12-15-5-3-2-4-6-15/h2-6,13-14,16,19H,7-12H2,1H3,(H,18,20)/t13-,14-,16-/m1/s1. The fraction of sp³-hybridized carbons (Fsp3) is 0.588. The molecule has 1 aromatic carbocycles. The van der Waals surface area contributed by atoms with Crippen molar-refractivity contribution in [2.45, 2.75) is 45.3 Å². The van der Waals surface area contributed by atoms with Crippen molar-refractivity contribution in [3.8, 4) is 0 Å². The Bertz CT molecular complexity index is 425. The van der Waals surface area contributed by atoms with E-state index in [9.17, 15) is 9.90 Å². The van der Waals surface area contributed by atoms with Crippen molar-refractivity contribution in [2.75, 3.05) is 6.54 Å². The van der Waals surface area contributed by atoms with Gasteiger partial charge in [0.1, 0.15) is 6.61 Å². The van der Waals surface area contributed by atoms with E-state index >= 15 is 0 Å². The van der Waals surface area contributed by atoms with Gasteiger partial charge < -0.3 is 15.2 Å². The third kappa shape index (κ3) is 5.38. The fourth-order valence-electron chi connectivity index (χ4n) is 2.88. The lowest BCUT2D eigenvalue weighted by molar-refractivity contribution is 0.0870. The molecule has 1 atom stereocenters. The van der Waals surface area contributed by atoms with Crippen LogP contribution in [0.25, 0.3) is 0 Å². The summed E-state index contributed by atoms with van der Waals surface area (Å²) in [6.45, 7) is 2.84. The van der Waals surface area contributed by atoms with Gasteiger partial charge in [-0.1, -0.05) is 30.3 Å². The lowest BCUT2D eigenvalue weighted by atomic mass is 9.80. The molecule has 0 aliphatic heterocycles. The molecule has 2 rings (SSSR count). The Kier molecular flexibility index (Phi) is 6.05. The molecule has 0 aromatic heterocycles. The number of amides is 1. The molecule has 1 aliphatic rings. The lowest BCUT2D eigenvalue weighted by Crippen LogP contribution is -2.33. The van der Waals surface area contributed by atoms with Gasteiger partial charge in [0.2, 0.25) is 0 Å². The zero-order chi connectivity index (χ0) is 15.1. The molecule has 1 amide bonds. The Morgan fingerprint density at radius 2 is 1.95 bits per heavy atom. The van der Waals surface area contributed by atoms with Crippen LogP contribution in [0.1, 0.15) is 38.2 Å². The first-order valence-electron chi connectivity index (χ1n) is 7.77. The summed E-state index contributed by atoms with van der Waals surface area (Å²) in [6.07, 6.45) is 3.65. The molecule has 0 spiro atoms. The molecule has 1 saturated carbocycles. The van der Waals surface area contributed by atoms with Gasteiger partial charge in [-0.25, -0.2) is 4.79 Å². The molecule has 0 saturated heterocycles. The highest BCUT2D eigenvalue weighted by Crippen LogP contribution is 2.30. The zero-order valence-electron chi connectivity index (χ0n) is 12.6. The highest BCUT2D eigenvalue weighted by molar-refractivity contribution is 5.67. The smallest absolute Gasteiger partial charge is 0.407 e. The molecule has 21 heavy (non-hydrogen) atoms. The summed E-state index contributed by atoms with van der Waals surface area (Å²) in [4.78, 5) is 11.7. The number of benzene rings is 1. The summed E-state index contributed by atoms with van der Waals surface area (Å²) < 4.78 is 5.19. The maximum atomic E-state index is 11.7. The molecule has 0 bridgehead atoms. The summed E-state index contributed by atoms with van der Waals surface area (Å²) >= 11 is 0. The van der Waals surface area contributed by atoms with Gasteiger partial charge in [-0.2, -0.15) is 0 Å². The van der Waals surface area contributed by atoms with Gasteiger partial charge in [0.25, 0.3) is 0 Å². The topological polar surface area (TPSA) is 58.6 Å². The second-order valence-electron chi connectivity index (χ2n) is 5.96. The molecule has 1 fully saturated rings. The van der Waals surface area contributed by atoms with Gasteiger partial charge >= 0.3 is 6.09 Å². The maximum absolute atomic E-state index is 11.7. The Hall–Kier alpha value is -1.55. The van der Waals surface area contributed by atoms with E-state index in [4.69, 9.17) is 4.74 Å². The Balaban J connectivity index is 1.61. The molecule has 0 radical (unpaired) electrons. The lowest BCUT2D eigenvalue weighted by Gasteiger charge is -2.30. The number of hydrogen-bond donors (Lipinski definition) is 2. The maximum Gasteiger partial charge on any atom is 0.407 e. The van der Waals surface area contributed by atoms with Gasteiger partial charge in [-0.3, -0.25) is 0 Å². The summed E-state index contributed by atoms with van der Waals surface area (Å²) in [5.41, 5.74) is 0.991. The van der Waals surface area contributed by atoms with Crippen LogP contribution in [-0.4, -0.2) is 23.8 Å². The molecule has 1 aliphatic carbocycles. The van der Waals surface area contributed by atoms with Crippen LogP contribution in [0.15, 0.2) is 30.3 Å². The van der Waals surface area contributed by atoms with Crippen molar-refractivity contribution in [1.29, 1.82) is 0 Å². The van der Waals surface area contributed by atoms with Gasteiger partial charge in [-0.15, -0.1) is 0 Å². The van der Waals surface area contributed by atoms with Crippen LogP contribution < -0.4 is 5.32 Å². The van der Waals surface area contributed by atoms with Gasteiger partial charge in [0, 0.05) is 6.54 Å². The molecule has 0 heterocycles. The number of nitrogens with one attached hydrogen (secondary N) is 1. The van der Waals surface area contributed by atoms with Crippen LogP contribution in [0.4, 0.5) is 4.79 Å². The monoisotopic (exact) mass is 291 g/mol. The second-order valence-corrected chi connectivity index (χ2v) is 5.96. The third-order valence-electron chi connectivity index (χ3n) is 4.32. The number of rotatable bonds is 5. The van der Waals surface area contributed by atoms with Crippen molar-refractivity contribution in [3.05, 3.63) is 35.9 Å². The zero-order valence-corrected chi connectivity index (χ0v) is 12.6. The summed E-state index contributed by atoms with van der Waals surface area (Å²) in [7, 11) is 0. The van der Waals surface area contributed by atoms with E-state index in [1.54, 1.807) is 0 Å². The Labute approximate surface area is 126 Å². The predicted molar refractivity (Wildman–Crippen MR) is 81.8 cm³/mol. The highest BCUT2D eigenvalue weighted by Gasteiger charge is 2.24. The summed E-state index contributed by atoms with van der Waals surface area (Å²) in [5, 5.41) is 12.4. The Morgan fingerprint density at radius 3 is 2.57 bits per heavy atom. The van der Waals surface area contributed by atoms with Gasteiger partial charge in [0.05, 0.1) is 6.10 Å². The largest absolute Gasteiger partial charge is 0.445 e. The van der Waals surface area contributed by atoms with Crippen LogP contribution in [0.2, 0.25) is 0 Å². The first-order valence-corrected chi connectivity index (χ1v) is 7.77. The van der Waals surface area contributed by atoms with Crippen LogP contribution in [-0.2, 0) is 11.3 Å². The number of hydrogen-bond acceptors (Lipinski definition) is 3. The van der Waals surface area contributed by atoms with E-state index in [-0.39, 0.29) is 12.2 Å². The number of carbonyl (C=O) groups excluding carboxylic acids is 1. The number of ether oxygens (including phenoxy) is 1. The van der Waals surface area contributed by atoms with Crippen molar-refractivity contribution >= 4 is 6.09 Å². The summed E-state index contributed by atoms with van der Waals surface area (Å²) in [5.74, 6) is 0.926. The van der Waals surface area contributed by atoms with Crippen molar-refractivity contribution in [1.82, 2.24) is 5.32 Å². The summed E-state index contributed by atoms with van der Waals surface area (Å²) in [6, 6.07) is 9.66. The van der Waals surface area contributed by atoms with Crippen molar-refractivity contribution in [3.63, 3.8) is 0 Å². The molecule has 1 aromatic rings. The number of carbonyl (C=O) groups is 1. The minimum atomic E-state index is -0.350. The predicted octanol–water partition coefficient (Wildman–Crippen LogP) is 3.10. The van der Waals surface area contributed by atoms with E-state index in [0.29, 0.717) is 25.0 Å². The van der Waals surface area contributed by atoms with Crippen LogP contribution in [0.3, 0.4) is 0 Å². The molecule has 2 N–H and O–H groups in total. The molecular formula is C17H25NO3. The molecule has 0 unspecified atom stereocenters. The SMILES string of the molecule is C[C@@H](O)[C@H]1CC[C@H](CNC(=O)OCc2ccccc2)CC1. The minimum absolute atomic E-state index is 0.213. The van der Waals surface area contributed by atoms with E-state index in [0.717, 1.165) is 31.2 Å². The normalized spacial score (nSPS) is 23.3. The van der Waals surface area contributed by atoms with E-state index in [2.05, 4.69) is 5.32 Å². The fourth-order valence-corrected chi connectivity index (χ4v) is 2.88. The number of alkyl carbamates (subject to hydrolysis) is 1. The molecule has 4 heteroatoms. The van der Waals surface area contributed by atoms with Crippen LogP contribution in [0.5, 0.6) is 0 Å². The van der Waals surface area contributed by atoms with E-state index in [1.807, 2.05) is 37.3 Å². The van der Waals surface area contributed by atoms with Gasteiger partial charge in [-0.05, 0) is 50.0 Å². The van der Waals surface area contributed by atoms with Crippen LogP contribution >= 0.6 is 0 Å². The second kappa shape index (κ2) is 8.03. The van der Waals surface area contributed by atoms with Gasteiger partial charge in [0.15, 0.2) is 0 Å². The average molecular weight is 291 g/mol. The number of aliphatic hydroxyl groups is 1. The molecular weight excluding hydrogens is 266 g/mol. The van der Waals surface area contributed by atoms with Crippen molar-refractivity contribution in [2.24, 2.45) is 11.8 Å². The minimum Gasteiger partial charge on any atom is -0.445 e. The van der Waals surface area contributed by atoms with Crippen molar-refractivity contribution < 1.29 is 14.6 Å². The first kappa shape index (κ1) is 15.8. The average Bonchev–Trinajstić information content (AvgIpc) is 2.52. The van der Waals surface area contributed by atoms with Crippen LogP contribution in [0, 0.1) is 11.8 Å². The Morgan fingerprint density at radius 1 is 1.29 bits per heavy atom. The number of aliphatic hydroxyl groups excluding tert-OH is 1. The molecule has 116 valence electrons. The first-order chi connectivity index (χ1) is 10.1. The third-order valence-corrected chi connectivity index (χ3v) is 4.32. The molecule has 4 nitrogen and oxygen atoms in total.